The van der Waals surface area contributed by atoms with Gasteiger partial charge in [0.1, 0.15) is 17.5 Å². The Morgan fingerprint density at radius 2 is 1.83 bits per heavy atom. The standard InChI is InChI=1S/C23H19BrFN3O/c1-14-4-7-20(8-5-14)27-23(29)18(13-26)11-17-10-15(2)28(16(17)3)22-9-6-19(24)12-21(22)25/h4-12H,1-3H3,(H,27,29)/b18-11-. The van der Waals surface area contributed by atoms with E-state index in [0.717, 1.165) is 17.0 Å². The van der Waals surface area contributed by atoms with Crippen LogP contribution in [0.5, 0.6) is 0 Å². The molecule has 0 unspecified atom stereocenters. The SMILES string of the molecule is Cc1ccc(NC(=O)/C(C#N)=C\c2cc(C)n(-c3ccc(Br)cc3F)c2C)cc1. The Balaban J connectivity index is 1.95. The largest absolute Gasteiger partial charge is 0.321 e. The van der Waals surface area contributed by atoms with E-state index in [1.54, 1.807) is 28.8 Å². The molecule has 146 valence electrons. The zero-order valence-electron chi connectivity index (χ0n) is 16.3. The minimum absolute atomic E-state index is 0.0258. The number of nitrogens with zero attached hydrogens (tertiary/aromatic N) is 2. The highest BCUT2D eigenvalue weighted by atomic mass is 79.9. The number of hydrogen-bond acceptors (Lipinski definition) is 2. The van der Waals surface area contributed by atoms with Crippen LogP contribution in [0.2, 0.25) is 0 Å². The third-order valence-corrected chi connectivity index (χ3v) is 5.09. The molecular formula is C23H19BrFN3O. The molecule has 0 saturated heterocycles. The predicted molar refractivity (Wildman–Crippen MR) is 116 cm³/mol. The molecule has 1 N–H and O–H groups in total. The number of anilines is 1. The molecular weight excluding hydrogens is 433 g/mol. The number of aryl methyl sites for hydroxylation is 2. The summed E-state index contributed by atoms with van der Waals surface area (Å²) in [6.45, 7) is 5.63. The Hall–Kier alpha value is -3.17. The molecule has 0 fully saturated rings. The number of carbonyl (C=O) groups excluding carboxylic acids is 1. The Morgan fingerprint density at radius 3 is 2.45 bits per heavy atom. The van der Waals surface area contributed by atoms with Crippen molar-refractivity contribution in [3.8, 4) is 11.8 Å². The molecule has 0 spiro atoms. The van der Waals surface area contributed by atoms with Crippen molar-refractivity contribution in [1.82, 2.24) is 4.57 Å². The Kier molecular flexibility index (Phi) is 6.00. The van der Waals surface area contributed by atoms with E-state index in [9.17, 15) is 14.4 Å². The van der Waals surface area contributed by atoms with Crippen molar-refractivity contribution >= 4 is 33.6 Å². The van der Waals surface area contributed by atoms with E-state index in [1.807, 2.05) is 45.0 Å². The summed E-state index contributed by atoms with van der Waals surface area (Å²) in [7, 11) is 0. The van der Waals surface area contributed by atoms with Crippen LogP contribution in [0.25, 0.3) is 11.8 Å². The molecule has 6 heteroatoms. The normalized spacial score (nSPS) is 11.2. The van der Waals surface area contributed by atoms with E-state index < -0.39 is 5.91 Å². The van der Waals surface area contributed by atoms with Crippen LogP contribution >= 0.6 is 15.9 Å². The summed E-state index contributed by atoms with van der Waals surface area (Å²) in [5.41, 5.74) is 4.29. The molecule has 0 aliphatic carbocycles. The van der Waals surface area contributed by atoms with Crippen LogP contribution in [0, 0.1) is 37.9 Å². The molecule has 1 aromatic heterocycles. The summed E-state index contributed by atoms with van der Waals surface area (Å²) in [5, 5.41) is 12.2. The van der Waals surface area contributed by atoms with Gasteiger partial charge < -0.3 is 9.88 Å². The first-order chi connectivity index (χ1) is 13.8. The van der Waals surface area contributed by atoms with Gasteiger partial charge in [0.15, 0.2) is 0 Å². The Morgan fingerprint density at radius 1 is 1.14 bits per heavy atom. The number of hydrogen-bond donors (Lipinski definition) is 1. The van der Waals surface area contributed by atoms with Gasteiger partial charge in [0, 0.05) is 21.5 Å². The third kappa shape index (κ3) is 4.47. The summed E-state index contributed by atoms with van der Waals surface area (Å²) in [5.74, 6) is -0.856. The van der Waals surface area contributed by atoms with Crippen LogP contribution < -0.4 is 5.32 Å². The van der Waals surface area contributed by atoms with Gasteiger partial charge in [0.05, 0.1) is 5.69 Å². The lowest BCUT2D eigenvalue weighted by Crippen LogP contribution is -2.13. The predicted octanol–water partition coefficient (Wildman–Crippen LogP) is 5.85. The maximum absolute atomic E-state index is 14.5. The van der Waals surface area contributed by atoms with E-state index in [0.29, 0.717) is 21.4 Å². The number of nitrogens with one attached hydrogen (secondary N) is 1. The van der Waals surface area contributed by atoms with Gasteiger partial charge in [0.2, 0.25) is 0 Å². The monoisotopic (exact) mass is 451 g/mol. The smallest absolute Gasteiger partial charge is 0.266 e. The Bertz CT molecular complexity index is 1150. The molecule has 29 heavy (non-hydrogen) atoms. The second kappa shape index (κ2) is 8.46. The molecule has 1 heterocycles. The lowest BCUT2D eigenvalue weighted by atomic mass is 10.1. The van der Waals surface area contributed by atoms with Crippen molar-refractivity contribution in [3.63, 3.8) is 0 Å². The highest BCUT2D eigenvalue weighted by Crippen LogP contribution is 2.26. The Labute approximate surface area is 177 Å². The number of rotatable bonds is 4. The number of amides is 1. The second-order valence-electron chi connectivity index (χ2n) is 6.75. The van der Waals surface area contributed by atoms with E-state index in [-0.39, 0.29) is 11.4 Å². The molecule has 1 amide bonds. The van der Waals surface area contributed by atoms with Gasteiger partial charge >= 0.3 is 0 Å². The van der Waals surface area contributed by atoms with E-state index in [4.69, 9.17) is 0 Å². The number of benzene rings is 2. The van der Waals surface area contributed by atoms with Crippen molar-refractivity contribution in [2.45, 2.75) is 20.8 Å². The topological polar surface area (TPSA) is 57.8 Å². The number of nitriles is 1. The maximum atomic E-state index is 14.5. The van der Waals surface area contributed by atoms with E-state index in [1.165, 1.54) is 12.1 Å². The molecule has 2 aromatic carbocycles. The van der Waals surface area contributed by atoms with Gasteiger partial charge in [-0.05, 0) is 68.8 Å². The summed E-state index contributed by atoms with van der Waals surface area (Å²) in [4.78, 5) is 12.5. The summed E-state index contributed by atoms with van der Waals surface area (Å²) in [6, 6.07) is 16.0. The minimum atomic E-state index is -0.490. The first kappa shape index (κ1) is 20.6. The van der Waals surface area contributed by atoms with Gasteiger partial charge in [-0.2, -0.15) is 5.26 Å². The second-order valence-corrected chi connectivity index (χ2v) is 7.66. The van der Waals surface area contributed by atoms with Crippen LogP contribution in [-0.2, 0) is 4.79 Å². The van der Waals surface area contributed by atoms with Gasteiger partial charge in [-0.25, -0.2) is 4.39 Å². The summed E-state index contributed by atoms with van der Waals surface area (Å²) in [6.07, 6.45) is 1.53. The van der Waals surface area contributed by atoms with Crippen LogP contribution in [0.3, 0.4) is 0 Å². The van der Waals surface area contributed by atoms with Crippen LogP contribution in [0.1, 0.15) is 22.5 Å². The lowest BCUT2D eigenvalue weighted by Gasteiger charge is -2.11. The molecule has 0 bridgehead atoms. The van der Waals surface area contributed by atoms with Crippen molar-refractivity contribution < 1.29 is 9.18 Å². The molecule has 0 saturated carbocycles. The average Bonchev–Trinajstić information content (AvgIpc) is 2.95. The fraction of sp³-hybridized carbons (Fsp3) is 0.130. The first-order valence-corrected chi connectivity index (χ1v) is 9.73. The van der Waals surface area contributed by atoms with Gasteiger partial charge in [-0.1, -0.05) is 33.6 Å². The fourth-order valence-corrected chi connectivity index (χ4v) is 3.44. The van der Waals surface area contributed by atoms with E-state index in [2.05, 4.69) is 21.2 Å². The highest BCUT2D eigenvalue weighted by Gasteiger charge is 2.16. The van der Waals surface area contributed by atoms with Crippen LogP contribution in [-0.4, -0.2) is 10.5 Å². The molecule has 0 aliphatic heterocycles. The first-order valence-electron chi connectivity index (χ1n) is 8.94. The fourth-order valence-electron chi connectivity index (χ4n) is 3.11. The molecule has 0 atom stereocenters. The number of aromatic nitrogens is 1. The van der Waals surface area contributed by atoms with Gasteiger partial charge in [0.25, 0.3) is 5.91 Å². The van der Waals surface area contributed by atoms with Crippen molar-refractivity contribution in [3.05, 3.63) is 86.9 Å². The van der Waals surface area contributed by atoms with Crippen molar-refractivity contribution in [2.24, 2.45) is 0 Å². The van der Waals surface area contributed by atoms with Crippen molar-refractivity contribution in [1.29, 1.82) is 5.26 Å². The van der Waals surface area contributed by atoms with E-state index >= 15 is 0 Å². The number of carbonyl (C=O) groups is 1. The van der Waals surface area contributed by atoms with Gasteiger partial charge in [-0.3, -0.25) is 4.79 Å². The highest BCUT2D eigenvalue weighted by molar-refractivity contribution is 9.10. The molecule has 0 radical (unpaired) electrons. The third-order valence-electron chi connectivity index (χ3n) is 4.60. The zero-order valence-corrected chi connectivity index (χ0v) is 17.8. The summed E-state index contributed by atoms with van der Waals surface area (Å²) < 4.78 is 16.9. The minimum Gasteiger partial charge on any atom is -0.321 e. The molecule has 3 rings (SSSR count). The summed E-state index contributed by atoms with van der Waals surface area (Å²) >= 11 is 3.26. The van der Waals surface area contributed by atoms with Crippen molar-refractivity contribution in [2.75, 3.05) is 5.32 Å². The quantitative estimate of drug-likeness (QED) is 0.399. The van der Waals surface area contributed by atoms with Crippen LogP contribution in [0.4, 0.5) is 10.1 Å². The lowest BCUT2D eigenvalue weighted by molar-refractivity contribution is -0.112. The van der Waals surface area contributed by atoms with Crippen LogP contribution in [0.15, 0.2) is 58.6 Å². The average molecular weight is 452 g/mol. The molecule has 4 nitrogen and oxygen atoms in total. The molecule has 0 aliphatic rings. The zero-order chi connectivity index (χ0) is 21.1. The maximum Gasteiger partial charge on any atom is 0.266 e. The molecule has 3 aromatic rings. The van der Waals surface area contributed by atoms with Gasteiger partial charge in [-0.15, -0.1) is 0 Å². The number of halogens is 2.